The molecule has 8 heteroatoms. The molecular weight excluding hydrogens is 460 g/mol. The molecule has 0 spiro atoms. The molecule has 0 aliphatic rings. The van der Waals surface area contributed by atoms with Gasteiger partial charge in [-0.1, -0.05) is 12.1 Å². The SMILES string of the molecule is CCOc1ccc(-n2cc(C(=O)Nc3ccccc3OCC)c3cc(OC)c(OC)cc3c2=O)cc1. The number of rotatable bonds is 9. The van der Waals surface area contributed by atoms with E-state index >= 15 is 0 Å². The number of nitrogens with zero attached hydrogens (tertiary/aromatic N) is 1. The van der Waals surface area contributed by atoms with E-state index in [0.717, 1.165) is 0 Å². The lowest BCUT2D eigenvalue weighted by atomic mass is 10.0. The molecule has 0 radical (unpaired) electrons. The third-order valence-corrected chi connectivity index (χ3v) is 5.63. The number of benzene rings is 3. The number of hydrogen-bond acceptors (Lipinski definition) is 6. The van der Waals surface area contributed by atoms with Crippen molar-refractivity contribution < 1.29 is 23.7 Å². The first kappa shape index (κ1) is 24.7. The fourth-order valence-electron chi connectivity index (χ4n) is 3.95. The number of amides is 1. The van der Waals surface area contributed by atoms with E-state index < -0.39 is 5.91 Å². The topological polar surface area (TPSA) is 88.0 Å². The second-order valence-corrected chi connectivity index (χ2v) is 7.78. The van der Waals surface area contributed by atoms with Gasteiger partial charge in [0.2, 0.25) is 0 Å². The molecule has 0 unspecified atom stereocenters. The summed E-state index contributed by atoms with van der Waals surface area (Å²) in [6.07, 6.45) is 1.53. The molecular formula is C28H28N2O6. The molecule has 1 N–H and O–H groups in total. The molecule has 8 nitrogen and oxygen atoms in total. The lowest BCUT2D eigenvalue weighted by Crippen LogP contribution is -2.23. The van der Waals surface area contributed by atoms with Crippen LogP contribution in [0.15, 0.2) is 71.7 Å². The number of methoxy groups -OCH3 is 2. The number of para-hydroxylation sites is 2. The maximum Gasteiger partial charge on any atom is 0.263 e. The van der Waals surface area contributed by atoms with E-state index in [9.17, 15) is 9.59 Å². The molecule has 0 aliphatic heterocycles. The van der Waals surface area contributed by atoms with Crippen molar-refractivity contribution in [2.75, 3.05) is 32.8 Å². The molecule has 1 heterocycles. The van der Waals surface area contributed by atoms with E-state index in [1.54, 1.807) is 48.5 Å². The zero-order valence-corrected chi connectivity index (χ0v) is 20.7. The molecule has 0 saturated heterocycles. The number of ether oxygens (including phenoxy) is 4. The van der Waals surface area contributed by atoms with Crippen molar-refractivity contribution >= 4 is 22.4 Å². The third kappa shape index (κ3) is 4.84. The summed E-state index contributed by atoms with van der Waals surface area (Å²) >= 11 is 0. The summed E-state index contributed by atoms with van der Waals surface area (Å²) in [7, 11) is 3.00. The zero-order valence-electron chi connectivity index (χ0n) is 20.7. The van der Waals surface area contributed by atoms with Crippen LogP contribution in [0.3, 0.4) is 0 Å². The number of carbonyl (C=O) groups is 1. The highest BCUT2D eigenvalue weighted by molar-refractivity contribution is 6.13. The van der Waals surface area contributed by atoms with E-state index in [1.807, 2.05) is 26.0 Å². The summed E-state index contributed by atoms with van der Waals surface area (Å²) in [5.74, 6) is 1.63. The van der Waals surface area contributed by atoms with Gasteiger partial charge in [-0.25, -0.2) is 0 Å². The Balaban J connectivity index is 1.90. The van der Waals surface area contributed by atoms with Gasteiger partial charge in [0.25, 0.3) is 11.5 Å². The van der Waals surface area contributed by atoms with E-state index in [1.165, 1.54) is 25.0 Å². The van der Waals surface area contributed by atoms with Gasteiger partial charge in [-0.05, 0) is 62.4 Å². The number of pyridine rings is 1. The Labute approximate surface area is 209 Å². The normalized spacial score (nSPS) is 10.7. The molecule has 1 amide bonds. The van der Waals surface area contributed by atoms with Gasteiger partial charge >= 0.3 is 0 Å². The Kier molecular flexibility index (Phi) is 7.44. The Bertz CT molecular complexity index is 1440. The molecule has 36 heavy (non-hydrogen) atoms. The van der Waals surface area contributed by atoms with Crippen molar-refractivity contribution in [2.45, 2.75) is 13.8 Å². The first-order chi connectivity index (χ1) is 17.5. The van der Waals surface area contributed by atoms with Gasteiger partial charge in [0.15, 0.2) is 11.5 Å². The van der Waals surface area contributed by atoms with Crippen LogP contribution in [0.25, 0.3) is 16.5 Å². The Morgan fingerprint density at radius 1 is 0.833 bits per heavy atom. The van der Waals surface area contributed by atoms with Crippen molar-refractivity contribution in [3.05, 3.63) is 82.8 Å². The largest absolute Gasteiger partial charge is 0.494 e. The number of carbonyl (C=O) groups excluding carboxylic acids is 1. The molecule has 0 saturated carbocycles. The third-order valence-electron chi connectivity index (χ3n) is 5.63. The van der Waals surface area contributed by atoms with Crippen molar-refractivity contribution in [1.82, 2.24) is 4.57 Å². The van der Waals surface area contributed by atoms with Crippen LogP contribution in [0, 0.1) is 0 Å². The summed E-state index contributed by atoms with van der Waals surface area (Å²) in [6, 6.07) is 17.5. The molecule has 4 aromatic rings. The first-order valence-corrected chi connectivity index (χ1v) is 11.6. The molecule has 0 aliphatic carbocycles. The van der Waals surface area contributed by atoms with Gasteiger partial charge < -0.3 is 24.3 Å². The molecule has 0 fully saturated rings. The minimum absolute atomic E-state index is 0.283. The lowest BCUT2D eigenvalue weighted by Gasteiger charge is -2.16. The van der Waals surface area contributed by atoms with Gasteiger partial charge in [-0.15, -0.1) is 0 Å². The van der Waals surface area contributed by atoms with Crippen molar-refractivity contribution in [1.29, 1.82) is 0 Å². The highest BCUT2D eigenvalue weighted by atomic mass is 16.5. The molecule has 3 aromatic carbocycles. The second kappa shape index (κ2) is 10.9. The highest BCUT2D eigenvalue weighted by Gasteiger charge is 2.20. The maximum absolute atomic E-state index is 13.6. The summed E-state index contributed by atoms with van der Waals surface area (Å²) in [5, 5.41) is 3.67. The van der Waals surface area contributed by atoms with Gasteiger partial charge in [0, 0.05) is 17.3 Å². The van der Waals surface area contributed by atoms with Crippen molar-refractivity contribution in [3.63, 3.8) is 0 Å². The van der Waals surface area contributed by atoms with Crippen molar-refractivity contribution in [3.8, 4) is 28.7 Å². The molecule has 186 valence electrons. The summed E-state index contributed by atoms with van der Waals surface area (Å²) in [4.78, 5) is 27.2. The van der Waals surface area contributed by atoms with Gasteiger partial charge in [-0.3, -0.25) is 14.2 Å². The number of nitrogens with one attached hydrogen (secondary N) is 1. The van der Waals surface area contributed by atoms with E-state index in [2.05, 4.69) is 5.32 Å². The summed E-state index contributed by atoms with van der Waals surface area (Å²) < 4.78 is 23.5. The first-order valence-electron chi connectivity index (χ1n) is 11.6. The van der Waals surface area contributed by atoms with Crippen LogP contribution in [0.4, 0.5) is 5.69 Å². The molecule has 4 rings (SSSR count). The van der Waals surface area contributed by atoms with E-state index in [4.69, 9.17) is 18.9 Å². The van der Waals surface area contributed by atoms with E-state index in [-0.39, 0.29) is 11.1 Å². The van der Waals surface area contributed by atoms with Crippen LogP contribution in [-0.4, -0.2) is 37.9 Å². The maximum atomic E-state index is 13.6. The second-order valence-electron chi connectivity index (χ2n) is 7.78. The van der Waals surface area contributed by atoms with Gasteiger partial charge in [0.05, 0.1) is 44.1 Å². The molecule has 0 bridgehead atoms. The van der Waals surface area contributed by atoms with Crippen molar-refractivity contribution in [2.24, 2.45) is 0 Å². The standard InChI is InChI=1S/C28H28N2O6/c1-5-35-19-13-11-18(12-14-19)30-17-22(27(31)29-23-9-7-8-10-24(23)36-6-2)20-15-25(33-3)26(34-4)16-21(20)28(30)32/h7-17H,5-6H2,1-4H3,(H,29,31). The van der Waals surface area contributed by atoms with E-state index in [0.29, 0.717) is 58.4 Å². The highest BCUT2D eigenvalue weighted by Crippen LogP contribution is 2.33. The quantitative estimate of drug-likeness (QED) is 0.354. The average molecular weight is 489 g/mol. The minimum atomic E-state index is -0.404. The number of aromatic nitrogens is 1. The number of hydrogen-bond donors (Lipinski definition) is 1. The average Bonchev–Trinajstić information content (AvgIpc) is 2.90. The fraction of sp³-hybridized carbons (Fsp3) is 0.214. The molecule has 0 atom stereocenters. The molecule has 1 aromatic heterocycles. The van der Waals surface area contributed by atoms with Crippen LogP contribution in [0.1, 0.15) is 24.2 Å². The Morgan fingerprint density at radius 2 is 1.47 bits per heavy atom. The summed E-state index contributed by atoms with van der Waals surface area (Å²) in [6.45, 7) is 4.76. The van der Waals surface area contributed by atoms with Crippen LogP contribution < -0.4 is 29.8 Å². The fourth-order valence-corrected chi connectivity index (χ4v) is 3.95. The van der Waals surface area contributed by atoms with Crippen LogP contribution in [0.5, 0.6) is 23.0 Å². The smallest absolute Gasteiger partial charge is 0.263 e. The van der Waals surface area contributed by atoms with Crippen LogP contribution >= 0.6 is 0 Å². The monoisotopic (exact) mass is 488 g/mol. The summed E-state index contributed by atoms with van der Waals surface area (Å²) in [5.41, 5.74) is 1.09. The Morgan fingerprint density at radius 3 is 2.11 bits per heavy atom. The van der Waals surface area contributed by atoms with Crippen LogP contribution in [0.2, 0.25) is 0 Å². The van der Waals surface area contributed by atoms with Crippen LogP contribution in [-0.2, 0) is 0 Å². The number of fused-ring (bicyclic) bond motifs is 1. The zero-order chi connectivity index (χ0) is 25.7. The number of anilines is 1. The minimum Gasteiger partial charge on any atom is -0.494 e. The van der Waals surface area contributed by atoms with Gasteiger partial charge in [-0.2, -0.15) is 0 Å². The Hall–Kier alpha value is -4.46. The predicted molar refractivity (Wildman–Crippen MR) is 139 cm³/mol. The predicted octanol–water partition coefficient (Wildman–Crippen LogP) is 5.06. The van der Waals surface area contributed by atoms with Gasteiger partial charge in [0.1, 0.15) is 11.5 Å². The lowest BCUT2D eigenvalue weighted by molar-refractivity contribution is 0.102.